The van der Waals surface area contributed by atoms with Crippen LogP contribution in [-0.4, -0.2) is 6.61 Å². The molecule has 0 N–H and O–H groups in total. The molecule has 0 aliphatic rings. The molecule has 0 spiro atoms. The van der Waals surface area contributed by atoms with Crippen LogP contribution in [0.5, 0.6) is 5.75 Å². The van der Waals surface area contributed by atoms with E-state index in [1.165, 1.54) is 55.2 Å². The number of alkyl halides is 1. The second-order valence-electron chi connectivity index (χ2n) is 7.12. The van der Waals surface area contributed by atoms with Crippen molar-refractivity contribution >= 4 is 15.9 Å². The smallest absolute Gasteiger partial charge is 0.127 e. The number of hydrogen-bond acceptors (Lipinski definition) is 1. The van der Waals surface area contributed by atoms with Crippen LogP contribution in [0.25, 0.3) is 0 Å². The van der Waals surface area contributed by atoms with Gasteiger partial charge in [0.05, 0.1) is 0 Å². The molecule has 0 aliphatic carbocycles. The first-order chi connectivity index (χ1) is 11.4. The van der Waals surface area contributed by atoms with Crippen LogP contribution in [0.15, 0.2) is 24.8 Å². The summed E-state index contributed by atoms with van der Waals surface area (Å²) in [5.41, 5.74) is 4.08. The number of rotatable bonds is 12. The van der Waals surface area contributed by atoms with Crippen LogP contribution in [0.2, 0.25) is 0 Å². The molecule has 0 bridgehead atoms. The molecule has 0 aliphatic heterocycles. The van der Waals surface area contributed by atoms with E-state index in [0.717, 1.165) is 18.6 Å². The fourth-order valence-corrected chi connectivity index (χ4v) is 3.28. The topological polar surface area (TPSA) is 9.23 Å². The molecule has 0 saturated heterocycles. The highest BCUT2D eigenvalue weighted by Crippen LogP contribution is 2.40. The zero-order valence-corrected chi connectivity index (χ0v) is 17.7. The van der Waals surface area contributed by atoms with Crippen LogP contribution >= 0.6 is 15.9 Å². The van der Waals surface area contributed by atoms with Gasteiger partial charge in [-0.05, 0) is 50.7 Å². The Kier molecular flexibility index (Phi) is 9.73. The SMILES string of the molecule is C=CCOc1c(CCCCC)cc(CCCCC)cc1C(C)(C)Br. The van der Waals surface area contributed by atoms with E-state index in [4.69, 9.17) is 4.74 Å². The minimum absolute atomic E-state index is 0.0935. The van der Waals surface area contributed by atoms with E-state index in [1.54, 1.807) is 0 Å². The number of ether oxygens (including phenoxy) is 1. The molecule has 0 atom stereocenters. The maximum absolute atomic E-state index is 6.11. The Morgan fingerprint density at radius 1 is 1.04 bits per heavy atom. The van der Waals surface area contributed by atoms with Crippen LogP contribution < -0.4 is 4.74 Å². The van der Waals surface area contributed by atoms with Crippen molar-refractivity contribution in [3.05, 3.63) is 41.5 Å². The van der Waals surface area contributed by atoms with Crippen LogP contribution in [0.3, 0.4) is 0 Å². The van der Waals surface area contributed by atoms with Crippen molar-refractivity contribution in [3.63, 3.8) is 0 Å². The number of benzene rings is 1. The highest BCUT2D eigenvalue weighted by Gasteiger charge is 2.24. The third-order valence-corrected chi connectivity index (χ3v) is 4.76. The fourth-order valence-electron chi connectivity index (χ4n) is 2.98. The molecule has 0 aromatic heterocycles. The number of hydrogen-bond donors (Lipinski definition) is 0. The predicted octanol–water partition coefficient (Wildman–Crippen LogP) is 7.35. The maximum atomic E-state index is 6.11. The van der Waals surface area contributed by atoms with E-state index in [-0.39, 0.29) is 4.32 Å². The normalized spacial score (nSPS) is 11.5. The van der Waals surface area contributed by atoms with Gasteiger partial charge in [-0.15, -0.1) is 0 Å². The molecule has 2 heteroatoms. The maximum Gasteiger partial charge on any atom is 0.127 e. The Labute approximate surface area is 158 Å². The summed E-state index contributed by atoms with van der Waals surface area (Å²) < 4.78 is 6.01. The number of unbranched alkanes of at least 4 members (excludes halogenated alkanes) is 4. The van der Waals surface area contributed by atoms with Crippen molar-refractivity contribution in [2.45, 2.75) is 83.4 Å². The summed E-state index contributed by atoms with van der Waals surface area (Å²) in [7, 11) is 0. The summed E-state index contributed by atoms with van der Waals surface area (Å²) in [6.07, 6.45) is 11.7. The lowest BCUT2D eigenvalue weighted by atomic mass is 9.92. The summed E-state index contributed by atoms with van der Waals surface area (Å²) >= 11 is 3.86. The second kappa shape index (κ2) is 11.0. The lowest BCUT2D eigenvalue weighted by molar-refractivity contribution is 0.351. The molecule has 0 heterocycles. The monoisotopic (exact) mass is 394 g/mol. The predicted molar refractivity (Wildman–Crippen MR) is 111 cm³/mol. The Balaban J connectivity index is 3.20. The van der Waals surface area contributed by atoms with Gasteiger partial charge in [-0.2, -0.15) is 0 Å². The highest BCUT2D eigenvalue weighted by atomic mass is 79.9. The fraction of sp³-hybridized carbons (Fsp3) is 0.636. The Morgan fingerprint density at radius 2 is 1.67 bits per heavy atom. The van der Waals surface area contributed by atoms with Gasteiger partial charge in [0.15, 0.2) is 0 Å². The van der Waals surface area contributed by atoms with Crippen molar-refractivity contribution in [2.24, 2.45) is 0 Å². The third kappa shape index (κ3) is 7.01. The summed E-state index contributed by atoms with van der Waals surface area (Å²) in [5.74, 6) is 1.06. The Hall–Kier alpha value is -0.760. The molecule has 0 unspecified atom stereocenters. The van der Waals surface area contributed by atoms with E-state index >= 15 is 0 Å². The van der Waals surface area contributed by atoms with Crippen LogP contribution in [0, 0.1) is 0 Å². The first-order valence-corrected chi connectivity index (χ1v) is 10.3. The van der Waals surface area contributed by atoms with Crippen LogP contribution in [0.1, 0.15) is 82.9 Å². The van der Waals surface area contributed by atoms with E-state index in [2.05, 4.69) is 62.3 Å². The van der Waals surface area contributed by atoms with Crippen molar-refractivity contribution in [2.75, 3.05) is 6.61 Å². The van der Waals surface area contributed by atoms with Gasteiger partial charge in [-0.25, -0.2) is 0 Å². The van der Waals surface area contributed by atoms with Gasteiger partial charge in [0.2, 0.25) is 0 Å². The first-order valence-electron chi connectivity index (χ1n) is 9.52. The average molecular weight is 395 g/mol. The van der Waals surface area contributed by atoms with Crippen molar-refractivity contribution in [1.29, 1.82) is 0 Å². The van der Waals surface area contributed by atoms with Crippen molar-refractivity contribution in [1.82, 2.24) is 0 Å². The summed E-state index contributed by atoms with van der Waals surface area (Å²) in [5, 5.41) is 0. The van der Waals surface area contributed by atoms with E-state index in [1.807, 2.05) is 6.08 Å². The molecule has 1 aromatic carbocycles. The van der Waals surface area contributed by atoms with E-state index < -0.39 is 0 Å². The van der Waals surface area contributed by atoms with E-state index in [9.17, 15) is 0 Å². The molecule has 0 radical (unpaired) electrons. The van der Waals surface area contributed by atoms with Gasteiger partial charge >= 0.3 is 0 Å². The molecule has 0 saturated carbocycles. The van der Waals surface area contributed by atoms with E-state index in [0.29, 0.717) is 6.61 Å². The molecule has 1 rings (SSSR count). The molecular formula is C22H35BrO. The average Bonchev–Trinajstić information content (AvgIpc) is 2.53. The zero-order valence-electron chi connectivity index (χ0n) is 16.1. The first kappa shape index (κ1) is 21.3. The van der Waals surface area contributed by atoms with Gasteiger partial charge in [0.25, 0.3) is 0 Å². The zero-order chi connectivity index (χ0) is 18.0. The lowest BCUT2D eigenvalue weighted by Gasteiger charge is -2.25. The van der Waals surface area contributed by atoms with Gasteiger partial charge in [0, 0.05) is 9.89 Å². The molecule has 0 amide bonds. The molecule has 1 aromatic rings. The number of aryl methyl sites for hydroxylation is 2. The molecule has 136 valence electrons. The minimum Gasteiger partial charge on any atom is -0.489 e. The van der Waals surface area contributed by atoms with Crippen LogP contribution in [-0.2, 0) is 17.2 Å². The lowest BCUT2D eigenvalue weighted by Crippen LogP contribution is -2.13. The standard InChI is InChI=1S/C22H35BrO/c1-6-9-11-13-18-16-19(14-12-10-7-2)21(24-15-8-3)20(17-18)22(4,5)23/h8,16-17H,3,6-7,9-15H2,1-2,4-5H3. The molecule has 24 heavy (non-hydrogen) atoms. The second-order valence-corrected chi connectivity index (χ2v) is 9.10. The molecular weight excluding hydrogens is 360 g/mol. The van der Waals surface area contributed by atoms with Crippen molar-refractivity contribution < 1.29 is 4.74 Å². The minimum atomic E-state index is -0.0935. The Bertz CT molecular complexity index is 499. The van der Waals surface area contributed by atoms with Crippen LogP contribution in [0.4, 0.5) is 0 Å². The largest absolute Gasteiger partial charge is 0.489 e. The Morgan fingerprint density at radius 3 is 2.21 bits per heavy atom. The van der Waals surface area contributed by atoms with Crippen molar-refractivity contribution in [3.8, 4) is 5.75 Å². The number of halogens is 1. The van der Waals surface area contributed by atoms with Gasteiger partial charge < -0.3 is 4.74 Å². The summed E-state index contributed by atoms with van der Waals surface area (Å²) in [6.45, 7) is 13.3. The highest BCUT2D eigenvalue weighted by molar-refractivity contribution is 9.09. The summed E-state index contributed by atoms with van der Waals surface area (Å²) in [4.78, 5) is 0. The van der Waals surface area contributed by atoms with Gasteiger partial charge in [-0.1, -0.05) is 80.2 Å². The van der Waals surface area contributed by atoms with Gasteiger partial charge in [-0.3, -0.25) is 0 Å². The molecule has 1 nitrogen and oxygen atoms in total. The third-order valence-electron chi connectivity index (χ3n) is 4.33. The van der Waals surface area contributed by atoms with Gasteiger partial charge in [0.1, 0.15) is 12.4 Å². The quantitative estimate of drug-likeness (QED) is 0.204. The molecule has 0 fully saturated rings. The summed E-state index contributed by atoms with van der Waals surface area (Å²) in [6, 6.07) is 4.72.